The number of methoxy groups -OCH3 is 2. The van der Waals surface area contributed by atoms with Gasteiger partial charge in [0.1, 0.15) is 0 Å². The molecule has 1 aromatic heterocycles. The van der Waals surface area contributed by atoms with Gasteiger partial charge in [0, 0.05) is 16.6 Å². The van der Waals surface area contributed by atoms with Gasteiger partial charge >= 0.3 is 5.97 Å². The summed E-state index contributed by atoms with van der Waals surface area (Å²) in [6.07, 6.45) is 0. The minimum absolute atomic E-state index is 0.252. The first-order valence-electron chi connectivity index (χ1n) is 9.40. The van der Waals surface area contributed by atoms with Crippen molar-refractivity contribution in [1.82, 2.24) is 4.98 Å². The molecule has 0 amide bonds. The second-order valence-electron chi connectivity index (χ2n) is 5.40. The van der Waals surface area contributed by atoms with Gasteiger partial charge in [0.05, 0.1) is 25.5 Å². The molecule has 0 unspecified atom stereocenters. The molecule has 0 saturated carbocycles. The molecule has 0 fully saturated rings. The Kier molecular flexibility index (Phi) is 8.96. The van der Waals surface area contributed by atoms with Crippen molar-refractivity contribution in [3.8, 4) is 22.8 Å². The van der Waals surface area contributed by atoms with E-state index in [1.54, 1.807) is 38.5 Å². The number of benzene rings is 2. The van der Waals surface area contributed by atoms with Crippen molar-refractivity contribution in [2.24, 2.45) is 0 Å². The van der Waals surface area contributed by atoms with E-state index in [1.807, 2.05) is 52.8 Å². The minimum atomic E-state index is -0.943. The fraction of sp³-hybridized carbons (Fsp3) is 0.304. The van der Waals surface area contributed by atoms with E-state index < -0.39 is 5.97 Å². The number of carboxylic acid groups (broad SMARTS) is 1. The molecular formula is C23H29NO4. The Balaban J connectivity index is 0.000000921. The number of nitrogens with zero attached hydrogens (tertiary/aromatic N) is 1. The van der Waals surface area contributed by atoms with Gasteiger partial charge in [-0.1, -0.05) is 39.8 Å². The second-order valence-corrected chi connectivity index (χ2v) is 5.40. The van der Waals surface area contributed by atoms with Gasteiger partial charge < -0.3 is 14.6 Å². The molecular weight excluding hydrogens is 354 g/mol. The summed E-state index contributed by atoms with van der Waals surface area (Å²) in [6.45, 7) is 9.93. The van der Waals surface area contributed by atoms with E-state index in [-0.39, 0.29) is 5.56 Å². The number of hydrogen-bond donors (Lipinski definition) is 1. The van der Waals surface area contributed by atoms with Gasteiger partial charge in [0.25, 0.3) is 0 Å². The van der Waals surface area contributed by atoms with Crippen LogP contribution >= 0.6 is 0 Å². The molecule has 0 spiro atoms. The van der Waals surface area contributed by atoms with Crippen LogP contribution in [0.3, 0.4) is 0 Å². The molecule has 3 aromatic rings. The van der Waals surface area contributed by atoms with Crippen molar-refractivity contribution in [1.29, 1.82) is 0 Å². The molecule has 0 aliphatic heterocycles. The lowest BCUT2D eigenvalue weighted by Crippen LogP contribution is -1.96. The van der Waals surface area contributed by atoms with E-state index in [2.05, 4.69) is 4.98 Å². The number of carbonyl (C=O) groups is 1. The topological polar surface area (TPSA) is 68.7 Å². The maximum atomic E-state index is 11.0. The van der Waals surface area contributed by atoms with Crippen LogP contribution in [0.25, 0.3) is 22.0 Å². The zero-order valence-corrected chi connectivity index (χ0v) is 17.7. The summed E-state index contributed by atoms with van der Waals surface area (Å²) in [5.41, 5.74) is 2.76. The molecule has 5 nitrogen and oxygen atoms in total. The minimum Gasteiger partial charge on any atom is -0.493 e. The molecule has 28 heavy (non-hydrogen) atoms. The third kappa shape index (κ3) is 5.00. The largest absolute Gasteiger partial charge is 0.493 e. The zero-order valence-electron chi connectivity index (χ0n) is 17.7. The fourth-order valence-corrected chi connectivity index (χ4v) is 2.68. The SMILES string of the molecule is CC.CC.COc1cc2cc(-c3ccc(C(=O)O)cc3)nc(C)c2cc1OC. The Bertz CT molecular complexity index is 918. The number of aromatic carboxylic acids is 1. The summed E-state index contributed by atoms with van der Waals surface area (Å²) in [5, 5.41) is 11.0. The fourth-order valence-electron chi connectivity index (χ4n) is 2.68. The van der Waals surface area contributed by atoms with Crippen LogP contribution in [0.1, 0.15) is 43.7 Å². The molecule has 3 rings (SSSR count). The zero-order chi connectivity index (χ0) is 21.3. The van der Waals surface area contributed by atoms with Crippen molar-refractivity contribution >= 4 is 16.7 Å². The first-order valence-corrected chi connectivity index (χ1v) is 9.40. The standard InChI is InChI=1S/C19H17NO4.2C2H6/c1-11-15-10-18(24-3)17(23-2)9-14(15)8-16(20-11)12-4-6-13(7-5-12)19(21)22;2*1-2/h4-10H,1-3H3,(H,21,22);2*1-2H3. The van der Waals surface area contributed by atoms with E-state index in [1.165, 1.54) is 0 Å². The number of aromatic nitrogens is 1. The van der Waals surface area contributed by atoms with Crippen molar-refractivity contribution < 1.29 is 19.4 Å². The molecule has 0 atom stereocenters. The Hall–Kier alpha value is -3.08. The summed E-state index contributed by atoms with van der Waals surface area (Å²) in [7, 11) is 3.20. The quantitative estimate of drug-likeness (QED) is 0.600. The summed E-state index contributed by atoms with van der Waals surface area (Å²) in [4.78, 5) is 15.6. The third-order valence-corrected chi connectivity index (χ3v) is 3.95. The van der Waals surface area contributed by atoms with E-state index in [4.69, 9.17) is 14.6 Å². The van der Waals surface area contributed by atoms with Crippen LogP contribution < -0.4 is 9.47 Å². The summed E-state index contributed by atoms with van der Waals surface area (Å²) >= 11 is 0. The Morgan fingerprint density at radius 2 is 1.43 bits per heavy atom. The molecule has 1 N–H and O–H groups in total. The lowest BCUT2D eigenvalue weighted by molar-refractivity contribution is 0.0697. The highest BCUT2D eigenvalue weighted by molar-refractivity contribution is 5.91. The van der Waals surface area contributed by atoms with Crippen LogP contribution in [0.2, 0.25) is 0 Å². The van der Waals surface area contributed by atoms with E-state index >= 15 is 0 Å². The average Bonchev–Trinajstić information content (AvgIpc) is 2.75. The average molecular weight is 383 g/mol. The molecule has 1 heterocycles. The molecule has 0 radical (unpaired) electrons. The molecule has 0 aliphatic carbocycles. The molecule has 0 bridgehead atoms. The monoisotopic (exact) mass is 383 g/mol. The first kappa shape index (κ1) is 23.0. The van der Waals surface area contributed by atoms with Crippen LogP contribution in [0, 0.1) is 6.92 Å². The highest BCUT2D eigenvalue weighted by Crippen LogP contribution is 2.34. The highest BCUT2D eigenvalue weighted by atomic mass is 16.5. The Labute approximate surface area is 167 Å². The van der Waals surface area contributed by atoms with Crippen molar-refractivity contribution in [2.45, 2.75) is 34.6 Å². The number of ether oxygens (including phenoxy) is 2. The maximum absolute atomic E-state index is 11.0. The van der Waals surface area contributed by atoms with Gasteiger partial charge in [0.2, 0.25) is 0 Å². The van der Waals surface area contributed by atoms with Crippen molar-refractivity contribution in [2.75, 3.05) is 14.2 Å². The lowest BCUT2D eigenvalue weighted by Gasteiger charge is -2.12. The molecule has 0 saturated heterocycles. The number of pyridine rings is 1. The first-order chi connectivity index (χ1) is 13.5. The highest BCUT2D eigenvalue weighted by Gasteiger charge is 2.11. The van der Waals surface area contributed by atoms with Gasteiger partial charge in [-0.15, -0.1) is 0 Å². The van der Waals surface area contributed by atoms with Crippen LogP contribution in [-0.2, 0) is 0 Å². The predicted octanol–water partition coefficient (Wildman–Crippen LogP) is 5.98. The summed E-state index contributed by atoms with van der Waals surface area (Å²) < 4.78 is 10.7. The van der Waals surface area contributed by atoms with Crippen molar-refractivity contribution in [3.05, 3.63) is 53.7 Å². The summed E-state index contributed by atoms with van der Waals surface area (Å²) in [6, 6.07) is 12.5. The molecule has 150 valence electrons. The summed E-state index contributed by atoms with van der Waals surface area (Å²) in [5.74, 6) is 0.372. The van der Waals surface area contributed by atoms with Gasteiger partial charge in [0.15, 0.2) is 11.5 Å². The third-order valence-electron chi connectivity index (χ3n) is 3.95. The molecule has 0 aliphatic rings. The smallest absolute Gasteiger partial charge is 0.335 e. The van der Waals surface area contributed by atoms with Crippen LogP contribution in [-0.4, -0.2) is 30.3 Å². The van der Waals surface area contributed by atoms with E-state index in [9.17, 15) is 4.79 Å². The second kappa shape index (κ2) is 10.9. The van der Waals surface area contributed by atoms with Gasteiger partial charge in [-0.25, -0.2) is 4.79 Å². The lowest BCUT2D eigenvalue weighted by atomic mass is 10.0. The normalized spacial score (nSPS) is 9.54. The number of hydrogen-bond acceptors (Lipinski definition) is 4. The number of carboxylic acids is 1. The molecule has 2 aromatic carbocycles. The number of fused-ring (bicyclic) bond motifs is 1. The van der Waals surface area contributed by atoms with Crippen LogP contribution in [0.5, 0.6) is 11.5 Å². The maximum Gasteiger partial charge on any atom is 0.335 e. The van der Waals surface area contributed by atoms with Crippen LogP contribution in [0.15, 0.2) is 42.5 Å². The number of rotatable bonds is 4. The van der Waals surface area contributed by atoms with Gasteiger partial charge in [-0.05, 0) is 42.6 Å². The Morgan fingerprint density at radius 3 is 1.93 bits per heavy atom. The Morgan fingerprint density at radius 1 is 0.893 bits per heavy atom. The molecule has 5 heteroatoms. The van der Waals surface area contributed by atoms with Crippen molar-refractivity contribution in [3.63, 3.8) is 0 Å². The van der Waals surface area contributed by atoms with Crippen LogP contribution in [0.4, 0.5) is 0 Å². The van der Waals surface area contributed by atoms with E-state index in [0.29, 0.717) is 11.5 Å². The number of aryl methyl sites for hydroxylation is 1. The van der Waals surface area contributed by atoms with Gasteiger partial charge in [-0.3, -0.25) is 4.98 Å². The predicted molar refractivity (Wildman–Crippen MR) is 115 cm³/mol. The van der Waals surface area contributed by atoms with Gasteiger partial charge in [-0.2, -0.15) is 0 Å². The van der Waals surface area contributed by atoms with E-state index in [0.717, 1.165) is 27.7 Å².